The molecular weight excluding hydrogens is 256 g/mol. The summed E-state index contributed by atoms with van der Waals surface area (Å²) in [5, 5.41) is 13.8. The number of H-pyrrole nitrogens is 1. The molecule has 1 amide bonds. The highest BCUT2D eigenvalue weighted by molar-refractivity contribution is 5.94. The van der Waals surface area contributed by atoms with Crippen molar-refractivity contribution in [3.8, 4) is 11.4 Å². The average Bonchev–Trinajstić information content (AvgIpc) is 3.02. The Hall–Kier alpha value is -2.28. The van der Waals surface area contributed by atoms with Crippen molar-refractivity contribution < 1.29 is 4.79 Å². The molecule has 1 aliphatic heterocycles. The van der Waals surface area contributed by atoms with E-state index < -0.39 is 0 Å². The van der Waals surface area contributed by atoms with Crippen molar-refractivity contribution in [1.29, 1.82) is 0 Å². The van der Waals surface area contributed by atoms with Crippen LogP contribution in [0.25, 0.3) is 11.4 Å². The molecule has 1 aromatic carbocycles. The van der Waals surface area contributed by atoms with Gasteiger partial charge in [0.2, 0.25) is 5.82 Å². The van der Waals surface area contributed by atoms with Gasteiger partial charge in [-0.1, -0.05) is 12.1 Å². The molecule has 0 atom stereocenters. The molecule has 2 aromatic rings. The minimum Gasteiger partial charge on any atom is -0.336 e. The van der Waals surface area contributed by atoms with E-state index in [2.05, 4.69) is 32.6 Å². The summed E-state index contributed by atoms with van der Waals surface area (Å²) in [7, 11) is 2.07. The lowest BCUT2D eigenvalue weighted by Crippen LogP contribution is -2.47. The van der Waals surface area contributed by atoms with Gasteiger partial charge in [-0.2, -0.15) is 5.21 Å². The number of hydrogen-bond donors (Lipinski definition) is 1. The average molecular weight is 272 g/mol. The van der Waals surface area contributed by atoms with Crippen LogP contribution in [0.4, 0.5) is 0 Å². The Balaban J connectivity index is 1.73. The van der Waals surface area contributed by atoms with Gasteiger partial charge in [0.25, 0.3) is 5.91 Å². The Morgan fingerprint density at radius 3 is 2.45 bits per heavy atom. The van der Waals surface area contributed by atoms with Gasteiger partial charge in [-0.15, -0.1) is 10.2 Å². The van der Waals surface area contributed by atoms with Gasteiger partial charge in [-0.25, -0.2) is 0 Å². The summed E-state index contributed by atoms with van der Waals surface area (Å²) in [5.41, 5.74) is 1.54. The number of aromatic nitrogens is 4. The Labute approximate surface area is 116 Å². The quantitative estimate of drug-likeness (QED) is 0.848. The highest BCUT2D eigenvalue weighted by Gasteiger charge is 2.20. The van der Waals surface area contributed by atoms with Crippen LogP contribution in [0.2, 0.25) is 0 Å². The maximum atomic E-state index is 12.4. The van der Waals surface area contributed by atoms with Crippen LogP contribution in [0, 0.1) is 0 Å². The molecule has 0 saturated carbocycles. The zero-order chi connectivity index (χ0) is 13.9. The zero-order valence-corrected chi connectivity index (χ0v) is 11.3. The van der Waals surface area contributed by atoms with Crippen LogP contribution in [-0.2, 0) is 0 Å². The lowest BCUT2D eigenvalue weighted by molar-refractivity contribution is 0.0664. The van der Waals surface area contributed by atoms with Crippen molar-refractivity contribution in [2.75, 3.05) is 33.2 Å². The van der Waals surface area contributed by atoms with Gasteiger partial charge in [0.1, 0.15) is 0 Å². The molecule has 0 radical (unpaired) electrons. The van der Waals surface area contributed by atoms with E-state index in [1.54, 1.807) is 0 Å². The van der Waals surface area contributed by atoms with Crippen LogP contribution in [-0.4, -0.2) is 69.6 Å². The predicted octanol–water partition coefficient (Wildman–Crippen LogP) is 0.254. The SMILES string of the molecule is CN1CCN(C(=O)c2ccc(-c3nn[nH]n3)cc2)CC1. The van der Waals surface area contributed by atoms with Gasteiger partial charge in [-0.3, -0.25) is 4.79 Å². The Bertz CT molecular complexity index is 571. The minimum atomic E-state index is 0.0813. The van der Waals surface area contributed by atoms with Crippen LogP contribution in [0.1, 0.15) is 10.4 Å². The Morgan fingerprint density at radius 1 is 1.15 bits per heavy atom. The number of tetrazole rings is 1. The normalized spacial score (nSPS) is 16.4. The molecule has 0 aliphatic carbocycles. The molecule has 0 unspecified atom stereocenters. The van der Waals surface area contributed by atoms with Crippen LogP contribution in [0.15, 0.2) is 24.3 Å². The summed E-state index contributed by atoms with van der Waals surface area (Å²) in [6, 6.07) is 7.31. The second-order valence-corrected chi connectivity index (χ2v) is 4.91. The van der Waals surface area contributed by atoms with E-state index in [9.17, 15) is 4.79 Å². The topological polar surface area (TPSA) is 78.0 Å². The van der Waals surface area contributed by atoms with Gasteiger partial charge in [-0.05, 0) is 24.4 Å². The molecule has 2 heterocycles. The number of carbonyl (C=O) groups excluding carboxylic acids is 1. The van der Waals surface area contributed by atoms with Gasteiger partial charge < -0.3 is 9.80 Å². The molecular formula is C13H16N6O. The molecule has 1 aliphatic rings. The second kappa shape index (κ2) is 5.38. The monoisotopic (exact) mass is 272 g/mol. The first-order valence-corrected chi connectivity index (χ1v) is 6.56. The molecule has 7 nitrogen and oxygen atoms in total. The number of hydrogen-bond acceptors (Lipinski definition) is 5. The minimum absolute atomic E-state index is 0.0813. The molecule has 1 aromatic heterocycles. The van der Waals surface area contributed by atoms with Gasteiger partial charge >= 0.3 is 0 Å². The molecule has 3 rings (SSSR count). The maximum Gasteiger partial charge on any atom is 0.253 e. The number of nitrogens with zero attached hydrogens (tertiary/aromatic N) is 5. The van der Waals surface area contributed by atoms with Gasteiger partial charge in [0.15, 0.2) is 0 Å². The first-order chi connectivity index (χ1) is 9.74. The Morgan fingerprint density at radius 2 is 1.85 bits per heavy atom. The van der Waals surface area contributed by atoms with Crippen molar-refractivity contribution in [2.24, 2.45) is 0 Å². The highest BCUT2D eigenvalue weighted by Crippen LogP contribution is 2.15. The largest absolute Gasteiger partial charge is 0.336 e. The van der Waals surface area contributed by atoms with Gasteiger partial charge in [0.05, 0.1) is 0 Å². The molecule has 104 valence electrons. The van der Waals surface area contributed by atoms with Crippen molar-refractivity contribution in [3.05, 3.63) is 29.8 Å². The molecule has 0 bridgehead atoms. The fourth-order valence-electron chi connectivity index (χ4n) is 2.24. The van der Waals surface area contributed by atoms with E-state index in [0.29, 0.717) is 11.4 Å². The summed E-state index contributed by atoms with van der Waals surface area (Å²) in [6.45, 7) is 3.41. The molecule has 0 spiro atoms. The summed E-state index contributed by atoms with van der Waals surface area (Å²) in [6.07, 6.45) is 0. The van der Waals surface area contributed by atoms with Crippen LogP contribution in [0.5, 0.6) is 0 Å². The van der Waals surface area contributed by atoms with Crippen LogP contribution in [0.3, 0.4) is 0 Å². The van der Waals surface area contributed by atoms with E-state index >= 15 is 0 Å². The van der Waals surface area contributed by atoms with Crippen molar-refractivity contribution >= 4 is 5.91 Å². The third-order valence-electron chi connectivity index (χ3n) is 3.53. The lowest BCUT2D eigenvalue weighted by Gasteiger charge is -2.32. The standard InChI is InChI=1S/C13H16N6O/c1-18-6-8-19(9-7-18)13(20)11-4-2-10(3-5-11)12-14-16-17-15-12/h2-5H,6-9H2,1H3,(H,14,15,16,17). The van der Waals surface area contributed by atoms with E-state index in [4.69, 9.17) is 0 Å². The number of benzene rings is 1. The number of aromatic amines is 1. The first-order valence-electron chi connectivity index (χ1n) is 6.56. The third kappa shape index (κ3) is 2.53. The van der Waals surface area contributed by atoms with E-state index in [-0.39, 0.29) is 5.91 Å². The molecule has 1 N–H and O–H groups in total. The van der Waals surface area contributed by atoms with Crippen LogP contribution >= 0.6 is 0 Å². The zero-order valence-electron chi connectivity index (χ0n) is 11.3. The summed E-state index contributed by atoms with van der Waals surface area (Å²) in [5.74, 6) is 0.612. The van der Waals surface area contributed by atoms with Crippen LogP contribution < -0.4 is 0 Å². The molecule has 1 saturated heterocycles. The first kappa shape index (κ1) is 12.7. The second-order valence-electron chi connectivity index (χ2n) is 4.91. The number of rotatable bonds is 2. The third-order valence-corrected chi connectivity index (χ3v) is 3.53. The number of amides is 1. The van der Waals surface area contributed by atoms with E-state index in [1.165, 1.54) is 0 Å². The fraction of sp³-hybridized carbons (Fsp3) is 0.385. The summed E-state index contributed by atoms with van der Waals surface area (Å²) < 4.78 is 0. The smallest absolute Gasteiger partial charge is 0.253 e. The number of nitrogens with one attached hydrogen (secondary N) is 1. The number of piperazine rings is 1. The fourth-order valence-corrected chi connectivity index (χ4v) is 2.24. The summed E-state index contributed by atoms with van der Waals surface area (Å²) >= 11 is 0. The molecule has 20 heavy (non-hydrogen) atoms. The van der Waals surface area contributed by atoms with E-state index in [1.807, 2.05) is 29.2 Å². The maximum absolute atomic E-state index is 12.4. The Kier molecular flexibility index (Phi) is 3.42. The number of likely N-dealkylation sites (N-methyl/N-ethyl adjacent to an activating group) is 1. The van der Waals surface area contributed by atoms with Crippen molar-refractivity contribution in [2.45, 2.75) is 0 Å². The molecule has 1 fully saturated rings. The predicted molar refractivity (Wildman–Crippen MR) is 73.0 cm³/mol. The van der Waals surface area contributed by atoms with Crippen molar-refractivity contribution in [3.63, 3.8) is 0 Å². The molecule has 7 heteroatoms. The van der Waals surface area contributed by atoms with Crippen molar-refractivity contribution in [1.82, 2.24) is 30.4 Å². The lowest BCUT2D eigenvalue weighted by atomic mass is 10.1. The highest BCUT2D eigenvalue weighted by atomic mass is 16.2. The van der Waals surface area contributed by atoms with Gasteiger partial charge in [0, 0.05) is 37.3 Å². The summed E-state index contributed by atoms with van der Waals surface area (Å²) in [4.78, 5) is 16.5. The number of carbonyl (C=O) groups is 1. The van der Waals surface area contributed by atoms with E-state index in [0.717, 1.165) is 31.7 Å².